The molecular formula is C20H29ClFN3O3. The van der Waals surface area contributed by atoms with Gasteiger partial charge >= 0.3 is 6.09 Å². The third kappa shape index (κ3) is 6.34. The van der Waals surface area contributed by atoms with Gasteiger partial charge in [-0.05, 0) is 58.8 Å². The van der Waals surface area contributed by atoms with Gasteiger partial charge in [0, 0.05) is 24.2 Å². The highest BCUT2D eigenvalue weighted by Gasteiger charge is 2.28. The summed E-state index contributed by atoms with van der Waals surface area (Å²) in [5.74, 6) is -0.727. The smallest absolute Gasteiger partial charge is 0.410 e. The molecule has 8 heteroatoms. The number of carbonyl (C=O) groups is 2. The van der Waals surface area contributed by atoms with Crippen molar-refractivity contribution in [1.82, 2.24) is 15.1 Å². The molecule has 1 N–H and O–H groups in total. The normalized spacial score (nSPS) is 15.9. The summed E-state index contributed by atoms with van der Waals surface area (Å²) in [4.78, 5) is 27.7. The van der Waals surface area contributed by atoms with Crippen LogP contribution in [0.4, 0.5) is 9.18 Å². The zero-order valence-corrected chi connectivity index (χ0v) is 17.7. The first-order chi connectivity index (χ1) is 13.1. The van der Waals surface area contributed by atoms with Gasteiger partial charge in [0.1, 0.15) is 18.0 Å². The number of nitrogens with zero attached hydrogens (tertiary/aromatic N) is 2. The van der Waals surface area contributed by atoms with E-state index >= 15 is 0 Å². The number of likely N-dealkylation sites (tertiary alicyclic amines) is 1. The highest BCUT2D eigenvalue weighted by molar-refractivity contribution is 6.31. The van der Waals surface area contributed by atoms with Gasteiger partial charge in [0.25, 0.3) is 0 Å². The number of hydrogen-bond acceptors (Lipinski definition) is 4. The summed E-state index contributed by atoms with van der Waals surface area (Å²) in [6.07, 6.45) is 1.48. The van der Waals surface area contributed by atoms with E-state index in [4.69, 9.17) is 16.3 Å². The van der Waals surface area contributed by atoms with Crippen molar-refractivity contribution in [3.05, 3.63) is 34.6 Å². The third-order valence-electron chi connectivity index (χ3n) is 4.49. The van der Waals surface area contributed by atoms with Gasteiger partial charge < -0.3 is 15.0 Å². The van der Waals surface area contributed by atoms with Crippen LogP contribution in [0, 0.1) is 5.82 Å². The predicted molar refractivity (Wildman–Crippen MR) is 107 cm³/mol. The Balaban J connectivity index is 2.01. The maximum absolute atomic E-state index is 14.5. The summed E-state index contributed by atoms with van der Waals surface area (Å²) in [5.41, 5.74) is -0.239. The van der Waals surface area contributed by atoms with Crippen LogP contribution in [0.15, 0.2) is 18.2 Å². The molecule has 1 unspecified atom stereocenters. The van der Waals surface area contributed by atoms with Gasteiger partial charge in [-0.2, -0.15) is 0 Å². The van der Waals surface area contributed by atoms with Gasteiger partial charge in [0.05, 0.1) is 6.04 Å². The monoisotopic (exact) mass is 413 g/mol. The molecule has 6 nitrogen and oxygen atoms in total. The molecule has 2 amide bonds. The molecule has 2 rings (SSSR count). The van der Waals surface area contributed by atoms with Crippen LogP contribution in [0.2, 0.25) is 5.02 Å². The topological polar surface area (TPSA) is 61.9 Å². The standard InChI is InChI=1S/C20H29ClFN3O3/c1-20(2,3)28-19(27)24(4)13-17(26)23-12-16(25-10-5-6-11-25)18-14(21)8-7-9-15(18)22/h7-9,16H,5-6,10-13H2,1-4H3,(H,23,26). The lowest BCUT2D eigenvalue weighted by atomic mass is 10.0. The van der Waals surface area contributed by atoms with E-state index in [1.165, 1.54) is 18.0 Å². The van der Waals surface area contributed by atoms with Crippen LogP contribution < -0.4 is 5.32 Å². The van der Waals surface area contributed by atoms with Crippen LogP contribution in [0.3, 0.4) is 0 Å². The molecule has 28 heavy (non-hydrogen) atoms. The van der Waals surface area contributed by atoms with Crippen LogP contribution >= 0.6 is 11.6 Å². The van der Waals surface area contributed by atoms with E-state index in [1.807, 2.05) is 0 Å². The largest absolute Gasteiger partial charge is 0.444 e. The number of halogens is 2. The SMILES string of the molecule is CN(CC(=O)NCC(c1c(F)cccc1Cl)N1CCCC1)C(=O)OC(C)(C)C. The molecule has 0 aromatic heterocycles. The minimum atomic E-state index is -0.635. The lowest BCUT2D eigenvalue weighted by Gasteiger charge is -2.29. The highest BCUT2D eigenvalue weighted by Crippen LogP contribution is 2.31. The number of amides is 2. The van der Waals surface area contributed by atoms with Crippen LogP contribution in [0.1, 0.15) is 45.2 Å². The Bertz CT molecular complexity index is 682. The Kier molecular flexibility index (Phi) is 7.66. The zero-order chi connectivity index (χ0) is 20.9. The molecule has 0 spiro atoms. The summed E-state index contributed by atoms with van der Waals surface area (Å²) >= 11 is 6.26. The van der Waals surface area contributed by atoms with E-state index in [1.54, 1.807) is 32.9 Å². The van der Waals surface area contributed by atoms with E-state index in [-0.39, 0.29) is 30.9 Å². The number of hydrogen-bond donors (Lipinski definition) is 1. The number of ether oxygens (including phenoxy) is 1. The Morgan fingerprint density at radius 1 is 1.32 bits per heavy atom. The number of nitrogens with one attached hydrogen (secondary N) is 1. The van der Waals surface area contributed by atoms with Crippen LogP contribution in [0.5, 0.6) is 0 Å². The number of carbonyl (C=O) groups excluding carboxylic acids is 2. The molecule has 1 saturated heterocycles. The number of benzene rings is 1. The highest BCUT2D eigenvalue weighted by atomic mass is 35.5. The molecule has 0 radical (unpaired) electrons. The summed E-state index contributed by atoms with van der Waals surface area (Å²) < 4.78 is 19.7. The zero-order valence-electron chi connectivity index (χ0n) is 16.9. The average Bonchev–Trinajstić information content (AvgIpc) is 3.10. The van der Waals surface area contributed by atoms with Crippen molar-refractivity contribution in [3.63, 3.8) is 0 Å². The summed E-state index contributed by atoms with van der Waals surface area (Å²) in [5, 5.41) is 3.15. The molecule has 1 aromatic carbocycles. The second kappa shape index (κ2) is 9.56. The second-order valence-corrected chi connectivity index (χ2v) is 8.44. The van der Waals surface area contributed by atoms with Crippen molar-refractivity contribution in [2.24, 2.45) is 0 Å². The Morgan fingerprint density at radius 3 is 2.54 bits per heavy atom. The minimum absolute atomic E-state index is 0.146. The lowest BCUT2D eigenvalue weighted by molar-refractivity contribution is -0.122. The van der Waals surface area contributed by atoms with Crippen molar-refractivity contribution in [2.75, 3.05) is 33.2 Å². The van der Waals surface area contributed by atoms with E-state index in [0.29, 0.717) is 10.6 Å². The van der Waals surface area contributed by atoms with Crippen LogP contribution in [-0.4, -0.2) is 60.6 Å². The minimum Gasteiger partial charge on any atom is -0.444 e. The van der Waals surface area contributed by atoms with Gasteiger partial charge in [0.15, 0.2) is 0 Å². The molecule has 1 aliphatic rings. The number of rotatable bonds is 6. The first-order valence-electron chi connectivity index (χ1n) is 9.47. The quantitative estimate of drug-likeness (QED) is 0.774. The Morgan fingerprint density at radius 2 is 1.96 bits per heavy atom. The van der Waals surface area contributed by atoms with E-state index in [0.717, 1.165) is 25.9 Å². The Hall–Kier alpha value is -1.86. The summed E-state index contributed by atoms with van der Waals surface area (Å²) in [6.45, 7) is 6.99. The fourth-order valence-electron chi connectivity index (χ4n) is 3.18. The van der Waals surface area contributed by atoms with Crippen molar-refractivity contribution in [3.8, 4) is 0 Å². The fourth-order valence-corrected chi connectivity index (χ4v) is 3.47. The molecule has 1 atom stereocenters. The van der Waals surface area contributed by atoms with Crippen LogP contribution in [-0.2, 0) is 9.53 Å². The van der Waals surface area contributed by atoms with E-state index in [9.17, 15) is 14.0 Å². The van der Waals surface area contributed by atoms with Gasteiger partial charge in [0.2, 0.25) is 5.91 Å². The lowest BCUT2D eigenvalue weighted by Crippen LogP contribution is -2.43. The first kappa shape index (κ1) is 22.4. The van der Waals surface area contributed by atoms with Crippen molar-refractivity contribution in [2.45, 2.75) is 45.3 Å². The third-order valence-corrected chi connectivity index (χ3v) is 4.82. The molecule has 1 aliphatic heterocycles. The maximum atomic E-state index is 14.5. The molecular weight excluding hydrogens is 385 g/mol. The van der Waals surface area contributed by atoms with Gasteiger partial charge in [-0.1, -0.05) is 17.7 Å². The van der Waals surface area contributed by atoms with E-state index < -0.39 is 11.7 Å². The van der Waals surface area contributed by atoms with Gasteiger partial charge in [-0.15, -0.1) is 0 Å². The van der Waals surface area contributed by atoms with Gasteiger partial charge in [-0.25, -0.2) is 9.18 Å². The van der Waals surface area contributed by atoms with E-state index in [2.05, 4.69) is 10.2 Å². The molecule has 156 valence electrons. The molecule has 1 fully saturated rings. The van der Waals surface area contributed by atoms with Crippen molar-refractivity contribution < 1.29 is 18.7 Å². The summed E-state index contributed by atoms with van der Waals surface area (Å²) in [7, 11) is 1.50. The molecule has 0 saturated carbocycles. The molecule has 0 bridgehead atoms. The predicted octanol–water partition coefficient (Wildman–Crippen LogP) is 3.60. The van der Waals surface area contributed by atoms with Crippen molar-refractivity contribution in [1.29, 1.82) is 0 Å². The van der Waals surface area contributed by atoms with Gasteiger partial charge in [-0.3, -0.25) is 9.69 Å². The Labute approximate surface area is 171 Å². The first-order valence-corrected chi connectivity index (χ1v) is 9.85. The van der Waals surface area contributed by atoms with Crippen LogP contribution in [0.25, 0.3) is 0 Å². The van der Waals surface area contributed by atoms with Crippen molar-refractivity contribution >= 4 is 23.6 Å². The second-order valence-electron chi connectivity index (χ2n) is 8.03. The fraction of sp³-hybridized carbons (Fsp3) is 0.600. The number of likely N-dealkylation sites (N-methyl/N-ethyl adjacent to an activating group) is 1. The maximum Gasteiger partial charge on any atom is 0.410 e. The molecule has 1 heterocycles. The molecule has 0 aliphatic carbocycles. The summed E-state index contributed by atoms with van der Waals surface area (Å²) in [6, 6.07) is 4.24. The molecule has 1 aromatic rings. The average molecular weight is 414 g/mol.